The van der Waals surface area contributed by atoms with E-state index in [0.29, 0.717) is 0 Å². The van der Waals surface area contributed by atoms with Crippen molar-refractivity contribution in [1.82, 2.24) is 0 Å². The molecule has 0 aliphatic carbocycles. The molecular formula is C7H5NO5S. The number of carboxylic acid groups (broad SMARTS) is 2. The van der Waals surface area contributed by atoms with Gasteiger partial charge in [0.15, 0.2) is 0 Å². The first-order valence-corrected chi connectivity index (χ1v) is 4.30. The SMILES string of the molecule is O=C(O)C(=O)Nc1cscc1C(=O)O. The van der Waals surface area contributed by atoms with Gasteiger partial charge in [0.05, 0.1) is 11.3 Å². The van der Waals surface area contributed by atoms with E-state index in [2.05, 4.69) is 0 Å². The van der Waals surface area contributed by atoms with Crippen molar-refractivity contribution in [3.63, 3.8) is 0 Å². The molecule has 0 saturated heterocycles. The number of hydrogen-bond acceptors (Lipinski definition) is 4. The first kappa shape index (κ1) is 10.2. The van der Waals surface area contributed by atoms with Crippen LogP contribution < -0.4 is 5.32 Å². The standard InChI is InChI=1S/C7H5NO5S/c9-5(7(12)13)8-4-2-14-1-3(4)6(10)11/h1-2H,(H,8,9)(H,10,11)(H,12,13). The maximum absolute atomic E-state index is 10.7. The number of anilines is 1. The summed E-state index contributed by atoms with van der Waals surface area (Å²) in [6.45, 7) is 0. The van der Waals surface area contributed by atoms with E-state index < -0.39 is 17.8 Å². The number of carbonyl (C=O) groups excluding carboxylic acids is 1. The Morgan fingerprint density at radius 1 is 1.21 bits per heavy atom. The second-order valence-electron chi connectivity index (χ2n) is 2.26. The van der Waals surface area contributed by atoms with Gasteiger partial charge >= 0.3 is 17.8 Å². The Kier molecular flexibility index (Phi) is 2.82. The Morgan fingerprint density at radius 2 is 1.86 bits per heavy atom. The zero-order valence-electron chi connectivity index (χ0n) is 6.68. The molecule has 14 heavy (non-hydrogen) atoms. The summed E-state index contributed by atoms with van der Waals surface area (Å²) in [5, 5.41) is 21.5. The van der Waals surface area contributed by atoms with E-state index in [4.69, 9.17) is 10.2 Å². The molecule has 3 N–H and O–H groups in total. The summed E-state index contributed by atoms with van der Waals surface area (Å²) in [5.41, 5.74) is -0.125. The van der Waals surface area contributed by atoms with Crippen LogP contribution >= 0.6 is 11.3 Å². The molecular weight excluding hydrogens is 210 g/mol. The molecule has 1 rings (SSSR count). The Hall–Kier alpha value is -1.89. The molecule has 1 aromatic heterocycles. The van der Waals surface area contributed by atoms with Crippen LogP contribution in [0.25, 0.3) is 0 Å². The average molecular weight is 215 g/mol. The van der Waals surface area contributed by atoms with E-state index in [1.54, 1.807) is 0 Å². The lowest BCUT2D eigenvalue weighted by atomic mass is 10.3. The highest BCUT2D eigenvalue weighted by Crippen LogP contribution is 2.20. The Morgan fingerprint density at radius 3 is 2.36 bits per heavy atom. The highest BCUT2D eigenvalue weighted by atomic mass is 32.1. The lowest BCUT2D eigenvalue weighted by Gasteiger charge is -1.99. The Balaban J connectivity index is 2.87. The van der Waals surface area contributed by atoms with Crippen molar-refractivity contribution in [3.8, 4) is 0 Å². The van der Waals surface area contributed by atoms with Crippen LogP contribution in [0.1, 0.15) is 10.4 Å². The lowest BCUT2D eigenvalue weighted by molar-refractivity contribution is -0.147. The van der Waals surface area contributed by atoms with E-state index in [1.807, 2.05) is 5.32 Å². The molecule has 1 heterocycles. The van der Waals surface area contributed by atoms with Crippen LogP contribution in [0.3, 0.4) is 0 Å². The summed E-state index contributed by atoms with van der Waals surface area (Å²) in [5.74, 6) is -4.13. The van der Waals surface area contributed by atoms with E-state index in [9.17, 15) is 14.4 Å². The molecule has 0 spiro atoms. The molecule has 6 nitrogen and oxygen atoms in total. The smallest absolute Gasteiger partial charge is 0.394 e. The van der Waals surface area contributed by atoms with E-state index >= 15 is 0 Å². The fourth-order valence-corrected chi connectivity index (χ4v) is 1.49. The topological polar surface area (TPSA) is 104 Å². The van der Waals surface area contributed by atoms with Crippen molar-refractivity contribution in [2.24, 2.45) is 0 Å². The van der Waals surface area contributed by atoms with Gasteiger partial charge in [0.25, 0.3) is 0 Å². The molecule has 0 radical (unpaired) electrons. The monoisotopic (exact) mass is 215 g/mol. The number of nitrogens with one attached hydrogen (secondary N) is 1. The summed E-state index contributed by atoms with van der Waals surface area (Å²) in [4.78, 5) is 31.4. The number of aliphatic carboxylic acids is 1. The molecule has 0 fully saturated rings. The number of amides is 1. The molecule has 0 bridgehead atoms. The van der Waals surface area contributed by atoms with Gasteiger partial charge < -0.3 is 15.5 Å². The summed E-state index contributed by atoms with van der Waals surface area (Å²) in [6.07, 6.45) is 0. The predicted molar refractivity (Wildman–Crippen MR) is 47.5 cm³/mol. The second kappa shape index (κ2) is 3.88. The maximum atomic E-state index is 10.7. The van der Waals surface area contributed by atoms with Gasteiger partial charge in [0, 0.05) is 10.8 Å². The molecule has 0 aromatic carbocycles. The van der Waals surface area contributed by atoms with Gasteiger partial charge in [-0.05, 0) is 0 Å². The van der Waals surface area contributed by atoms with Crippen LogP contribution in [0.2, 0.25) is 0 Å². The fourth-order valence-electron chi connectivity index (χ4n) is 0.735. The number of aromatic carboxylic acids is 1. The number of thiophene rings is 1. The zero-order chi connectivity index (χ0) is 10.7. The number of carboxylic acids is 2. The molecule has 0 saturated carbocycles. The molecule has 1 amide bonds. The second-order valence-corrected chi connectivity index (χ2v) is 3.01. The van der Waals surface area contributed by atoms with Crippen molar-refractivity contribution < 1.29 is 24.6 Å². The number of carbonyl (C=O) groups is 3. The minimum Gasteiger partial charge on any atom is -0.478 e. The highest BCUT2D eigenvalue weighted by molar-refractivity contribution is 7.08. The number of rotatable bonds is 2. The van der Waals surface area contributed by atoms with Crippen LogP contribution in [0.15, 0.2) is 10.8 Å². The number of hydrogen-bond donors (Lipinski definition) is 3. The quantitative estimate of drug-likeness (QED) is 0.622. The molecule has 74 valence electrons. The first-order valence-electron chi connectivity index (χ1n) is 3.36. The minimum atomic E-state index is -1.66. The summed E-state index contributed by atoms with van der Waals surface area (Å²) in [6, 6.07) is 0. The third-order valence-corrected chi connectivity index (χ3v) is 2.08. The normalized spacial score (nSPS) is 9.43. The maximum Gasteiger partial charge on any atom is 0.394 e. The van der Waals surface area contributed by atoms with Gasteiger partial charge in [-0.15, -0.1) is 11.3 Å². The molecule has 7 heteroatoms. The van der Waals surface area contributed by atoms with Crippen LogP contribution in [0, 0.1) is 0 Å². The fraction of sp³-hybridized carbons (Fsp3) is 0. The highest BCUT2D eigenvalue weighted by Gasteiger charge is 2.17. The van der Waals surface area contributed by atoms with Gasteiger partial charge in [0.1, 0.15) is 0 Å². The van der Waals surface area contributed by atoms with E-state index in [0.717, 1.165) is 11.3 Å². The van der Waals surface area contributed by atoms with Crippen molar-refractivity contribution in [2.75, 3.05) is 5.32 Å². The van der Waals surface area contributed by atoms with Gasteiger partial charge in [-0.1, -0.05) is 0 Å². The summed E-state index contributed by atoms with van der Waals surface area (Å²) >= 11 is 1.06. The minimum absolute atomic E-state index is 0.00472. The zero-order valence-corrected chi connectivity index (χ0v) is 7.50. The Bertz CT molecular complexity index is 397. The molecule has 1 aromatic rings. The van der Waals surface area contributed by atoms with Crippen molar-refractivity contribution in [3.05, 3.63) is 16.3 Å². The van der Waals surface area contributed by atoms with Crippen LogP contribution in [-0.2, 0) is 9.59 Å². The van der Waals surface area contributed by atoms with Crippen LogP contribution in [0.5, 0.6) is 0 Å². The predicted octanol–water partition coefficient (Wildman–Crippen LogP) is 0.469. The molecule has 0 aliphatic rings. The molecule has 0 unspecified atom stereocenters. The average Bonchev–Trinajstić information content (AvgIpc) is 2.52. The lowest BCUT2D eigenvalue weighted by Crippen LogP contribution is -2.22. The van der Waals surface area contributed by atoms with Gasteiger partial charge in [-0.3, -0.25) is 4.79 Å². The van der Waals surface area contributed by atoms with Gasteiger partial charge in [0.2, 0.25) is 0 Å². The van der Waals surface area contributed by atoms with E-state index in [-0.39, 0.29) is 11.3 Å². The van der Waals surface area contributed by atoms with Gasteiger partial charge in [-0.25, -0.2) is 9.59 Å². The van der Waals surface area contributed by atoms with Crippen molar-refractivity contribution in [1.29, 1.82) is 0 Å². The molecule has 0 aliphatic heterocycles. The van der Waals surface area contributed by atoms with Crippen LogP contribution in [-0.4, -0.2) is 28.1 Å². The van der Waals surface area contributed by atoms with Crippen molar-refractivity contribution in [2.45, 2.75) is 0 Å². The van der Waals surface area contributed by atoms with Crippen LogP contribution in [0.4, 0.5) is 5.69 Å². The largest absolute Gasteiger partial charge is 0.478 e. The third kappa shape index (κ3) is 2.07. The first-order chi connectivity index (χ1) is 6.52. The Labute approximate surface area is 81.8 Å². The molecule has 0 atom stereocenters. The summed E-state index contributed by atoms with van der Waals surface area (Å²) < 4.78 is 0. The van der Waals surface area contributed by atoms with Crippen molar-refractivity contribution >= 4 is 34.9 Å². The summed E-state index contributed by atoms with van der Waals surface area (Å²) in [7, 11) is 0. The van der Waals surface area contributed by atoms with E-state index in [1.165, 1.54) is 10.8 Å². The third-order valence-electron chi connectivity index (χ3n) is 1.33. The van der Waals surface area contributed by atoms with Gasteiger partial charge in [-0.2, -0.15) is 0 Å².